The molecule has 1 aromatic carbocycles. The number of hydrogen-bond donors (Lipinski definition) is 2. The summed E-state index contributed by atoms with van der Waals surface area (Å²) in [5.41, 5.74) is 6.22. The van der Waals surface area contributed by atoms with E-state index < -0.39 is 10.0 Å². The predicted molar refractivity (Wildman–Crippen MR) is 72.6 cm³/mol. The van der Waals surface area contributed by atoms with Crippen molar-refractivity contribution in [3.63, 3.8) is 0 Å². The fraction of sp³-hybridized carbons (Fsp3) is 0.500. The Kier molecular flexibility index (Phi) is 6.23. The summed E-state index contributed by atoms with van der Waals surface area (Å²) in [6, 6.07) is 4.63. The number of methoxy groups -OCH3 is 2. The van der Waals surface area contributed by atoms with Gasteiger partial charge in [-0.25, -0.2) is 13.1 Å². The average molecular weight is 288 g/mol. The molecule has 0 saturated heterocycles. The van der Waals surface area contributed by atoms with Crippen molar-refractivity contribution < 1.29 is 17.9 Å². The molecule has 0 unspecified atom stereocenters. The molecule has 0 bridgehead atoms. The van der Waals surface area contributed by atoms with Gasteiger partial charge >= 0.3 is 0 Å². The van der Waals surface area contributed by atoms with Crippen molar-refractivity contribution in [2.75, 3.05) is 27.4 Å². The first-order valence-corrected chi connectivity index (χ1v) is 7.39. The molecule has 0 saturated carbocycles. The van der Waals surface area contributed by atoms with Crippen molar-refractivity contribution in [3.8, 4) is 5.75 Å². The van der Waals surface area contributed by atoms with Gasteiger partial charge < -0.3 is 15.2 Å². The van der Waals surface area contributed by atoms with Crippen LogP contribution in [0.4, 0.5) is 0 Å². The molecule has 0 atom stereocenters. The molecule has 3 N–H and O–H groups in total. The Morgan fingerprint density at radius 2 is 2.05 bits per heavy atom. The molecule has 0 spiro atoms. The third kappa shape index (κ3) is 4.46. The van der Waals surface area contributed by atoms with E-state index in [-0.39, 0.29) is 11.4 Å². The Morgan fingerprint density at radius 1 is 1.32 bits per heavy atom. The molecule has 0 aromatic heterocycles. The van der Waals surface area contributed by atoms with E-state index in [4.69, 9.17) is 15.2 Å². The number of benzene rings is 1. The van der Waals surface area contributed by atoms with Crippen LogP contribution in [0.5, 0.6) is 5.75 Å². The third-order valence-electron chi connectivity index (χ3n) is 2.60. The minimum Gasteiger partial charge on any atom is -0.496 e. The molecule has 0 fully saturated rings. The molecule has 7 heteroatoms. The largest absolute Gasteiger partial charge is 0.496 e. The van der Waals surface area contributed by atoms with E-state index in [1.807, 2.05) is 0 Å². The summed E-state index contributed by atoms with van der Waals surface area (Å²) in [6.45, 7) is 1.07. The van der Waals surface area contributed by atoms with Crippen LogP contribution in [0.15, 0.2) is 23.1 Å². The van der Waals surface area contributed by atoms with Crippen LogP contribution in [0, 0.1) is 0 Å². The van der Waals surface area contributed by atoms with Crippen LogP contribution >= 0.6 is 0 Å². The fourth-order valence-corrected chi connectivity index (χ4v) is 2.71. The topological polar surface area (TPSA) is 90.6 Å². The Hall–Kier alpha value is -1.15. The smallest absolute Gasteiger partial charge is 0.240 e. The number of sulfonamides is 1. The van der Waals surface area contributed by atoms with E-state index in [1.165, 1.54) is 19.2 Å². The number of hydrogen-bond acceptors (Lipinski definition) is 5. The zero-order chi connectivity index (χ0) is 14.3. The minimum absolute atomic E-state index is 0.186. The maximum Gasteiger partial charge on any atom is 0.240 e. The molecule has 0 aliphatic carbocycles. The third-order valence-corrected chi connectivity index (χ3v) is 4.06. The Labute approximate surface area is 113 Å². The molecule has 0 radical (unpaired) electrons. The number of nitrogens with two attached hydrogens (primary N) is 1. The van der Waals surface area contributed by atoms with E-state index in [1.54, 1.807) is 13.2 Å². The maximum atomic E-state index is 12.0. The second-order valence-electron chi connectivity index (χ2n) is 3.92. The van der Waals surface area contributed by atoms with Gasteiger partial charge in [-0.05, 0) is 24.6 Å². The van der Waals surface area contributed by atoms with E-state index in [0.29, 0.717) is 30.9 Å². The Bertz CT molecular complexity index is 502. The zero-order valence-electron chi connectivity index (χ0n) is 11.2. The summed E-state index contributed by atoms with van der Waals surface area (Å²) in [5.74, 6) is 0.584. The summed E-state index contributed by atoms with van der Waals surface area (Å²) >= 11 is 0. The van der Waals surface area contributed by atoms with Gasteiger partial charge in [0, 0.05) is 32.4 Å². The molecule has 1 rings (SSSR count). The highest BCUT2D eigenvalue weighted by atomic mass is 32.2. The minimum atomic E-state index is -3.51. The van der Waals surface area contributed by atoms with Gasteiger partial charge in [-0.15, -0.1) is 0 Å². The summed E-state index contributed by atoms with van der Waals surface area (Å²) in [5, 5.41) is 0. The lowest BCUT2D eigenvalue weighted by molar-refractivity contribution is 0.196. The predicted octanol–water partition coefficient (Wildman–Crippen LogP) is 0.469. The molecular formula is C12H20N2O4S. The normalized spacial score (nSPS) is 11.5. The maximum absolute atomic E-state index is 12.0. The van der Waals surface area contributed by atoms with Gasteiger partial charge in [-0.2, -0.15) is 0 Å². The number of rotatable bonds is 8. The number of ether oxygens (including phenoxy) is 2. The lowest BCUT2D eigenvalue weighted by Crippen LogP contribution is -2.25. The molecule has 0 aliphatic heterocycles. The highest BCUT2D eigenvalue weighted by Gasteiger charge is 2.15. The molecular weight excluding hydrogens is 268 g/mol. The quantitative estimate of drug-likeness (QED) is 0.679. The van der Waals surface area contributed by atoms with Crippen LogP contribution < -0.4 is 15.2 Å². The SMILES string of the molecule is COCCCNS(=O)(=O)c1ccc(OC)c(CN)c1. The standard InChI is InChI=1S/C12H20N2O4S/c1-17-7-3-6-14-19(15,16)11-4-5-12(18-2)10(8-11)9-13/h4-5,8,14H,3,6-7,9,13H2,1-2H3. The van der Waals surface area contributed by atoms with Crippen LogP contribution in [-0.2, 0) is 21.3 Å². The van der Waals surface area contributed by atoms with Crippen LogP contribution in [0.3, 0.4) is 0 Å². The van der Waals surface area contributed by atoms with Gasteiger partial charge in [0.05, 0.1) is 12.0 Å². The molecule has 108 valence electrons. The highest BCUT2D eigenvalue weighted by Crippen LogP contribution is 2.21. The van der Waals surface area contributed by atoms with E-state index in [2.05, 4.69) is 4.72 Å². The lowest BCUT2D eigenvalue weighted by atomic mass is 10.2. The Balaban J connectivity index is 2.83. The van der Waals surface area contributed by atoms with Crippen LogP contribution in [-0.4, -0.2) is 35.8 Å². The number of nitrogens with one attached hydrogen (secondary N) is 1. The molecule has 6 nitrogen and oxygen atoms in total. The van der Waals surface area contributed by atoms with Crippen molar-refractivity contribution in [1.82, 2.24) is 4.72 Å². The van der Waals surface area contributed by atoms with E-state index in [9.17, 15) is 8.42 Å². The second kappa shape index (κ2) is 7.44. The molecule has 1 aromatic rings. The van der Waals surface area contributed by atoms with E-state index in [0.717, 1.165) is 0 Å². The summed E-state index contributed by atoms with van der Waals surface area (Å²) in [7, 11) is -0.421. The summed E-state index contributed by atoms with van der Waals surface area (Å²) in [4.78, 5) is 0.186. The van der Waals surface area contributed by atoms with Gasteiger partial charge in [0.1, 0.15) is 5.75 Å². The van der Waals surface area contributed by atoms with Crippen molar-refractivity contribution in [2.45, 2.75) is 17.9 Å². The van der Waals surface area contributed by atoms with Crippen LogP contribution in [0.25, 0.3) is 0 Å². The zero-order valence-corrected chi connectivity index (χ0v) is 12.0. The van der Waals surface area contributed by atoms with Gasteiger partial charge in [-0.3, -0.25) is 0 Å². The first kappa shape index (κ1) is 15.9. The second-order valence-corrected chi connectivity index (χ2v) is 5.69. The molecule has 0 heterocycles. The monoisotopic (exact) mass is 288 g/mol. The van der Waals surface area contributed by atoms with Crippen molar-refractivity contribution in [1.29, 1.82) is 0 Å². The van der Waals surface area contributed by atoms with Crippen LogP contribution in [0.1, 0.15) is 12.0 Å². The summed E-state index contributed by atoms with van der Waals surface area (Å²) < 4.78 is 36.5. The average Bonchev–Trinajstić information content (AvgIpc) is 2.42. The molecule has 0 aliphatic rings. The Morgan fingerprint density at radius 3 is 2.63 bits per heavy atom. The first-order chi connectivity index (χ1) is 9.05. The van der Waals surface area contributed by atoms with Crippen molar-refractivity contribution in [2.24, 2.45) is 5.73 Å². The molecule has 19 heavy (non-hydrogen) atoms. The van der Waals surface area contributed by atoms with Crippen molar-refractivity contribution in [3.05, 3.63) is 23.8 Å². The van der Waals surface area contributed by atoms with Gasteiger partial charge in [-0.1, -0.05) is 0 Å². The lowest BCUT2D eigenvalue weighted by Gasteiger charge is -2.10. The highest BCUT2D eigenvalue weighted by molar-refractivity contribution is 7.89. The summed E-state index contributed by atoms with van der Waals surface area (Å²) in [6.07, 6.45) is 0.621. The van der Waals surface area contributed by atoms with E-state index >= 15 is 0 Å². The van der Waals surface area contributed by atoms with Crippen molar-refractivity contribution >= 4 is 10.0 Å². The van der Waals surface area contributed by atoms with Gasteiger partial charge in [0.15, 0.2) is 0 Å². The first-order valence-electron chi connectivity index (χ1n) is 5.90. The van der Waals surface area contributed by atoms with Crippen LogP contribution in [0.2, 0.25) is 0 Å². The fourth-order valence-electron chi connectivity index (χ4n) is 1.59. The van der Waals surface area contributed by atoms with Gasteiger partial charge in [0.25, 0.3) is 0 Å². The van der Waals surface area contributed by atoms with Gasteiger partial charge in [0.2, 0.25) is 10.0 Å². The molecule has 0 amide bonds.